The molecule has 0 amide bonds. The molecular formula is C12H13O3. The van der Waals surface area contributed by atoms with Gasteiger partial charge in [-0.05, 0) is 19.1 Å². The number of para-hydroxylation sites is 1. The molecule has 0 spiro atoms. The third kappa shape index (κ3) is 2.37. The zero-order chi connectivity index (χ0) is 11.3. The number of rotatable bonds is 4. The summed E-state index contributed by atoms with van der Waals surface area (Å²) < 4.78 is 10.0. The maximum atomic E-state index is 11.4. The van der Waals surface area contributed by atoms with E-state index in [9.17, 15) is 4.79 Å². The van der Waals surface area contributed by atoms with Crippen molar-refractivity contribution < 1.29 is 14.3 Å². The maximum absolute atomic E-state index is 11.4. The smallest absolute Gasteiger partial charge is 0.341 e. The number of ether oxygens (including phenoxy) is 2. The standard InChI is InChI=1S/C12H13O3/c1-4-9-7-6-8-10(12(13)14-3)11(9)15-5-2/h6-8H,1,5H2,2-3H3. The summed E-state index contributed by atoms with van der Waals surface area (Å²) in [4.78, 5) is 11.4. The summed E-state index contributed by atoms with van der Waals surface area (Å²) in [5.74, 6) is 0.0531. The number of hydrogen-bond acceptors (Lipinski definition) is 3. The summed E-state index contributed by atoms with van der Waals surface area (Å²) >= 11 is 0. The molecule has 0 aliphatic heterocycles. The van der Waals surface area contributed by atoms with Crippen LogP contribution in [-0.4, -0.2) is 19.7 Å². The van der Waals surface area contributed by atoms with E-state index < -0.39 is 5.97 Å². The van der Waals surface area contributed by atoms with Gasteiger partial charge in [-0.1, -0.05) is 18.7 Å². The van der Waals surface area contributed by atoms with Gasteiger partial charge in [0.25, 0.3) is 0 Å². The number of hydrogen-bond donors (Lipinski definition) is 0. The van der Waals surface area contributed by atoms with Crippen LogP contribution in [0.1, 0.15) is 22.8 Å². The molecule has 1 aromatic rings. The Kier molecular flexibility index (Phi) is 3.92. The molecule has 0 saturated heterocycles. The van der Waals surface area contributed by atoms with Crippen molar-refractivity contribution in [3.63, 3.8) is 0 Å². The van der Waals surface area contributed by atoms with E-state index >= 15 is 0 Å². The second-order valence-electron chi connectivity index (χ2n) is 2.78. The molecule has 0 aliphatic carbocycles. The van der Waals surface area contributed by atoms with Gasteiger partial charge < -0.3 is 9.47 Å². The molecule has 0 atom stereocenters. The van der Waals surface area contributed by atoms with E-state index in [0.717, 1.165) is 0 Å². The van der Waals surface area contributed by atoms with Gasteiger partial charge in [-0.25, -0.2) is 4.79 Å². The van der Waals surface area contributed by atoms with Crippen LogP contribution in [-0.2, 0) is 4.74 Å². The number of methoxy groups -OCH3 is 1. The molecule has 1 rings (SSSR count). The number of carbonyl (C=O) groups excluding carboxylic acids is 1. The van der Waals surface area contributed by atoms with Gasteiger partial charge in [-0.15, -0.1) is 0 Å². The zero-order valence-corrected chi connectivity index (χ0v) is 8.87. The van der Waals surface area contributed by atoms with Crippen molar-refractivity contribution in [2.45, 2.75) is 6.92 Å². The van der Waals surface area contributed by atoms with E-state index in [2.05, 4.69) is 17.4 Å². The minimum Gasteiger partial charge on any atom is -0.492 e. The second kappa shape index (κ2) is 5.20. The molecule has 0 bridgehead atoms. The molecule has 3 heteroatoms. The minimum atomic E-state index is -0.421. The molecule has 1 radical (unpaired) electrons. The third-order valence-corrected chi connectivity index (χ3v) is 1.90. The molecule has 0 saturated carbocycles. The van der Waals surface area contributed by atoms with Gasteiger partial charge >= 0.3 is 5.97 Å². The number of esters is 1. The molecule has 0 aromatic heterocycles. The van der Waals surface area contributed by atoms with Gasteiger partial charge in [-0.2, -0.15) is 0 Å². The normalized spacial score (nSPS) is 9.47. The fraction of sp³-hybridized carbons (Fsp3) is 0.250. The summed E-state index contributed by atoms with van der Waals surface area (Å²) in [6.45, 7) is 5.87. The highest BCUT2D eigenvalue weighted by Crippen LogP contribution is 2.24. The van der Waals surface area contributed by atoms with Crippen LogP contribution in [0, 0.1) is 6.08 Å². The van der Waals surface area contributed by atoms with Crippen molar-refractivity contribution in [3.8, 4) is 5.75 Å². The van der Waals surface area contributed by atoms with E-state index in [-0.39, 0.29) is 0 Å². The molecule has 79 valence electrons. The van der Waals surface area contributed by atoms with E-state index in [0.29, 0.717) is 23.5 Å². The second-order valence-corrected chi connectivity index (χ2v) is 2.78. The van der Waals surface area contributed by atoms with Crippen LogP contribution in [0.4, 0.5) is 0 Å². The fourth-order valence-electron chi connectivity index (χ4n) is 1.25. The Hall–Kier alpha value is -1.77. The van der Waals surface area contributed by atoms with Crippen LogP contribution in [0.2, 0.25) is 0 Å². The lowest BCUT2D eigenvalue weighted by molar-refractivity contribution is 0.0596. The molecule has 0 fully saturated rings. The summed E-state index contributed by atoms with van der Waals surface area (Å²) in [5, 5.41) is 0. The number of benzene rings is 1. The zero-order valence-electron chi connectivity index (χ0n) is 8.87. The van der Waals surface area contributed by atoms with Gasteiger partial charge in [0.2, 0.25) is 0 Å². The van der Waals surface area contributed by atoms with Gasteiger partial charge in [0.1, 0.15) is 11.3 Å². The monoisotopic (exact) mass is 205 g/mol. The van der Waals surface area contributed by atoms with Crippen LogP contribution in [0.25, 0.3) is 0 Å². The lowest BCUT2D eigenvalue weighted by atomic mass is 10.1. The van der Waals surface area contributed by atoms with Crippen molar-refractivity contribution in [2.75, 3.05) is 13.7 Å². The molecular weight excluding hydrogens is 192 g/mol. The summed E-state index contributed by atoms with van der Waals surface area (Å²) in [6, 6.07) is 5.17. The Morgan fingerprint density at radius 2 is 2.27 bits per heavy atom. The first-order valence-electron chi connectivity index (χ1n) is 4.61. The first-order valence-corrected chi connectivity index (χ1v) is 4.61. The summed E-state index contributed by atoms with van der Waals surface area (Å²) in [7, 11) is 1.34. The topological polar surface area (TPSA) is 35.5 Å². The van der Waals surface area contributed by atoms with Crippen molar-refractivity contribution in [1.82, 2.24) is 0 Å². The summed E-state index contributed by atoms with van der Waals surface area (Å²) in [5.41, 5.74) is 1.06. The average Bonchev–Trinajstić information content (AvgIpc) is 2.28. The Bertz CT molecular complexity index is 369. The summed E-state index contributed by atoms with van der Waals surface area (Å²) in [6.07, 6.45) is 2.72. The van der Waals surface area contributed by atoms with Gasteiger partial charge in [0.05, 0.1) is 13.7 Å². The van der Waals surface area contributed by atoms with Crippen molar-refractivity contribution >= 4 is 5.97 Å². The fourth-order valence-corrected chi connectivity index (χ4v) is 1.25. The molecule has 1 aromatic carbocycles. The van der Waals surface area contributed by atoms with Crippen LogP contribution in [0.15, 0.2) is 24.8 Å². The van der Waals surface area contributed by atoms with E-state index in [1.165, 1.54) is 7.11 Å². The SMILES string of the molecule is C=[C]c1cccc(C(=O)OC)c1OCC. The first kappa shape index (κ1) is 11.3. The lowest BCUT2D eigenvalue weighted by Gasteiger charge is -2.10. The predicted octanol–water partition coefficient (Wildman–Crippen LogP) is 2.21. The molecule has 0 unspecified atom stereocenters. The van der Waals surface area contributed by atoms with Crippen LogP contribution < -0.4 is 4.74 Å². The third-order valence-electron chi connectivity index (χ3n) is 1.90. The van der Waals surface area contributed by atoms with Crippen LogP contribution >= 0.6 is 0 Å². The Balaban J connectivity index is 3.24. The average molecular weight is 205 g/mol. The molecule has 0 N–H and O–H groups in total. The first-order chi connectivity index (χ1) is 7.24. The number of carbonyl (C=O) groups is 1. The Morgan fingerprint density at radius 1 is 1.53 bits per heavy atom. The predicted molar refractivity (Wildman–Crippen MR) is 56.9 cm³/mol. The highest BCUT2D eigenvalue weighted by molar-refractivity contribution is 5.93. The van der Waals surface area contributed by atoms with Gasteiger partial charge in [0, 0.05) is 5.56 Å². The minimum absolute atomic E-state index is 0.396. The van der Waals surface area contributed by atoms with E-state index in [4.69, 9.17) is 4.74 Å². The Morgan fingerprint density at radius 3 is 2.80 bits per heavy atom. The van der Waals surface area contributed by atoms with Gasteiger partial charge in [-0.3, -0.25) is 0 Å². The quantitative estimate of drug-likeness (QED) is 0.707. The van der Waals surface area contributed by atoms with E-state index in [1.54, 1.807) is 18.2 Å². The van der Waals surface area contributed by atoms with Crippen molar-refractivity contribution in [3.05, 3.63) is 42.0 Å². The molecule has 3 nitrogen and oxygen atoms in total. The van der Waals surface area contributed by atoms with Crippen LogP contribution in [0.5, 0.6) is 5.75 Å². The van der Waals surface area contributed by atoms with E-state index in [1.807, 2.05) is 6.92 Å². The largest absolute Gasteiger partial charge is 0.492 e. The maximum Gasteiger partial charge on any atom is 0.341 e. The van der Waals surface area contributed by atoms with Crippen LogP contribution in [0.3, 0.4) is 0 Å². The lowest BCUT2D eigenvalue weighted by Crippen LogP contribution is -2.06. The highest BCUT2D eigenvalue weighted by Gasteiger charge is 2.14. The highest BCUT2D eigenvalue weighted by atomic mass is 16.5. The molecule has 0 aliphatic rings. The van der Waals surface area contributed by atoms with Gasteiger partial charge in [0.15, 0.2) is 0 Å². The molecule has 0 heterocycles. The molecule has 15 heavy (non-hydrogen) atoms. The van der Waals surface area contributed by atoms with Crippen molar-refractivity contribution in [1.29, 1.82) is 0 Å². The van der Waals surface area contributed by atoms with Crippen molar-refractivity contribution in [2.24, 2.45) is 0 Å². The Labute approximate surface area is 89.3 Å².